The zero-order chi connectivity index (χ0) is 6.36. The van der Waals surface area contributed by atoms with E-state index in [1.54, 1.807) is 12.4 Å². The first-order valence-electron chi connectivity index (χ1n) is 2.93. The lowest BCUT2D eigenvalue weighted by Crippen LogP contribution is -1.58. The Balaban J connectivity index is 0.000000112. The summed E-state index contributed by atoms with van der Waals surface area (Å²) in [5.74, 6) is 0. The molecule has 1 aliphatic rings. The van der Waals surface area contributed by atoms with Gasteiger partial charge in [0, 0.05) is 12.4 Å². The monoisotopic (exact) mass is 123 g/mol. The molecular weight excluding hydrogens is 114 g/mol. The van der Waals surface area contributed by atoms with Crippen LogP contribution in [-0.4, -0.2) is 18.2 Å². The molecule has 0 N–H and O–H groups in total. The topological polar surface area (TPSA) is 25.4 Å². The predicted molar refractivity (Wildman–Crippen MR) is 35.1 cm³/mol. The lowest BCUT2D eigenvalue weighted by molar-refractivity contribution is 0.475. The van der Waals surface area contributed by atoms with Gasteiger partial charge < -0.3 is 4.74 Å². The number of epoxide rings is 1. The minimum atomic E-state index is 1.00. The zero-order valence-corrected chi connectivity index (χ0v) is 5.16. The summed E-state index contributed by atoms with van der Waals surface area (Å²) in [6.07, 6.45) is 3.50. The van der Waals surface area contributed by atoms with Gasteiger partial charge in [-0.2, -0.15) is 0 Å². The molecule has 0 saturated carbocycles. The van der Waals surface area contributed by atoms with Crippen molar-refractivity contribution in [1.29, 1.82) is 0 Å². The molecule has 1 aliphatic heterocycles. The summed E-state index contributed by atoms with van der Waals surface area (Å²) in [7, 11) is 0. The van der Waals surface area contributed by atoms with Crippen molar-refractivity contribution in [2.45, 2.75) is 0 Å². The minimum Gasteiger partial charge on any atom is -0.377 e. The summed E-state index contributed by atoms with van der Waals surface area (Å²) < 4.78 is 4.50. The maximum absolute atomic E-state index is 4.50. The molecule has 2 nitrogen and oxygen atoms in total. The highest BCUT2D eigenvalue weighted by molar-refractivity contribution is 4.88. The molecule has 0 aliphatic carbocycles. The molecule has 0 atom stereocenters. The molecule has 0 spiro atoms. The zero-order valence-electron chi connectivity index (χ0n) is 5.16. The van der Waals surface area contributed by atoms with E-state index in [9.17, 15) is 0 Å². The fraction of sp³-hybridized carbons (Fsp3) is 0.286. The van der Waals surface area contributed by atoms with Crippen LogP contribution in [0.25, 0.3) is 0 Å². The number of aromatic nitrogens is 1. The third-order valence-electron chi connectivity index (χ3n) is 0.771. The number of pyridine rings is 1. The molecular formula is C7H9NO. The molecule has 2 heteroatoms. The second-order valence-corrected chi connectivity index (χ2v) is 1.64. The number of nitrogens with zero attached hydrogens (tertiary/aromatic N) is 1. The van der Waals surface area contributed by atoms with Crippen LogP contribution in [0, 0.1) is 0 Å². The van der Waals surface area contributed by atoms with Crippen LogP contribution in [-0.2, 0) is 4.74 Å². The third-order valence-corrected chi connectivity index (χ3v) is 0.771. The van der Waals surface area contributed by atoms with Gasteiger partial charge in [0.05, 0.1) is 13.2 Å². The summed E-state index contributed by atoms with van der Waals surface area (Å²) in [5, 5.41) is 0. The molecule has 0 bridgehead atoms. The van der Waals surface area contributed by atoms with Crippen molar-refractivity contribution in [2.75, 3.05) is 13.2 Å². The SMILES string of the molecule is C1CO1.c1ccncc1. The van der Waals surface area contributed by atoms with Gasteiger partial charge in [0.25, 0.3) is 0 Å². The second kappa shape index (κ2) is 4.04. The van der Waals surface area contributed by atoms with Gasteiger partial charge in [-0.05, 0) is 12.1 Å². The Kier molecular flexibility index (Phi) is 2.80. The van der Waals surface area contributed by atoms with Crippen LogP contribution in [0.1, 0.15) is 0 Å². The average Bonchev–Trinajstić information content (AvgIpc) is 2.76. The highest BCUT2D eigenvalue weighted by Gasteiger charge is 1.94. The van der Waals surface area contributed by atoms with Crippen molar-refractivity contribution < 1.29 is 4.74 Å². The van der Waals surface area contributed by atoms with Crippen molar-refractivity contribution in [3.05, 3.63) is 30.6 Å². The van der Waals surface area contributed by atoms with Crippen LogP contribution >= 0.6 is 0 Å². The van der Waals surface area contributed by atoms with E-state index in [-0.39, 0.29) is 0 Å². The van der Waals surface area contributed by atoms with E-state index in [0.29, 0.717) is 0 Å². The standard InChI is InChI=1S/C5H5N.C2H4O/c1-2-4-6-5-3-1;1-2-3-1/h1-5H;1-2H2. The first-order valence-corrected chi connectivity index (χ1v) is 2.93. The molecule has 0 radical (unpaired) electrons. The van der Waals surface area contributed by atoms with Gasteiger partial charge in [0.1, 0.15) is 0 Å². The molecule has 0 amide bonds. The Morgan fingerprint density at radius 1 is 1.00 bits per heavy atom. The molecule has 1 aromatic heterocycles. The van der Waals surface area contributed by atoms with Crippen LogP contribution < -0.4 is 0 Å². The van der Waals surface area contributed by atoms with Crippen LogP contribution in [0.15, 0.2) is 30.6 Å². The third kappa shape index (κ3) is 4.97. The van der Waals surface area contributed by atoms with Gasteiger partial charge >= 0.3 is 0 Å². The van der Waals surface area contributed by atoms with E-state index in [1.165, 1.54) is 0 Å². The van der Waals surface area contributed by atoms with Gasteiger partial charge in [-0.1, -0.05) is 6.07 Å². The highest BCUT2D eigenvalue weighted by atomic mass is 16.6. The van der Waals surface area contributed by atoms with E-state index >= 15 is 0 Å². The fourth-order valence-corrected chi connectivity index (χ4v) is 0.313. The molecule has 1 fully saturated rings. The van der Waals surface area contributed by atoms with Crippen molar-refractivity contribution in [2.24, 2.45) is 0 Å². The fourth-order valence-electron chi connectivity index (χ4n) is 0.313. The van der Waals surface area contributed by atoms with Crippen LogP contribution in [0.3, 0.4) is 0 Å². The lowest BCUT2D eigenvalue weighted by atomic mass is 10.5. The van der Waals surface area contributed by atoms with Gasteiger partial charge in [-0.25, -0.2) is 0 Å². The summed E-state index contributed by atoms with van der Waals surface area (Å²) in [4.78, 5) is 3.78. The Bertz CT molecular complexity index is 109. The summed E-state index contributed by atoms with van der Waals surface area (Å²) in [5.41, 5.74) is 0. The number of rotatable bonds is 0. The second-order valence-electron chi connectivity index (χ2n) is 1.64. The molecule has 0 aromatic carbocycles. The van der Waals surface area contributed by atoms with Crippen LogP contribution in [0.4, 0.5) is 0 Å². The number of hydrogen-bond acceptors (Lipinski definition) is 2. The van der Waals surface area contributed by atoms with Crippen molar-refractivity contribution in [3.8, 4) is 0 Å². The van der Waals surface area contributed by atoms with Crippen LogP contribution in [0.2, 0.25) is 0 Å². The Morgan fingerprint density at radius 3 is 1.67 bits per heavy atom. The molecule has 2 heterocycles. The first kappa shape index (κ1) is 6.23. The van der Waals surface area contributed by atoms with Crippen LogP contribution in [0.5, 0.6) is 0 Å². The van der Waals surface area contributed by atoms with Gasteiger partial charge in [0.15, 0.2) is 0 Å². The van der Waals surface area contributed by atoms with Gasteiger partial charge in [0.2, 0.25) is 0 Å². The predicted octanol–water partition coefficient (Wildman–Crippen LogP) is 1.10. The molecule has 9 heavy (non-hydrogen) atoms. The number of ether oxygens (including phenoxy) is 1. The van der Waals surface area contributed by atoms with Crippen molar-refractivity contribution in [1.82, 2.24) is 4.98 Å². The Labute approximate surface area is 54.5 Å². The summed E-state index contributed by atoms with van der Waals surface area (Å²) in [6, 6.07) is 5.72. The van der Waals surface area contributed by atoms with Gasteiger partial charge in [-0.3, -0.25) is 4.98 Å². The quantitative estimate of drug-likeness (QED) is 0.483. The Hall–Kier alpha value is -0.890. The average molecular weight is 123 g/mol. The van der Waals surface area contributed by atoms with Crippen molar-refractivity contribution >= 4 is 0 Å². The molecule has 2 rings (SSSR count). The smallest absolute Gasteiger partial charge is 0.0701 e. The highest BCUT2D eigenvalue weighted by Crippen LogP contribution is 1.84. The largest absolute Gasteiger partial charge is 0.377 e. The molecule has 1 aromatic rings. The molecule has 48 valence electrons. The van der Waals surface area contributed by atoms with E-state index < -0.39 is 0 Å². The Morgan fingerprint density at radius 2 is 1.56 bits per heavy atom. The maximum Gasteiger partial charge on any atom is 0.0701 e. The van der Waals surface area contributed by atoms with Gasteiger partial charge in [-0.15, -0.1) is 0 Å². The number of hydrogen-bond donors (Lipinski definition) is 0. The van der Waals surface area contributed by atoms with E-state index in [0.717, 1.165) is 13.2 Å². The molecule has 1 saturated heterocycles. The van der Waals surface area contributed by atoms with E-state index in [2.05, 4.69) is 9.72 Å². The first-order chi connectivity index (χ1) is 4.50. The minimum absolute atomic E-state index is 1.00. The lowest BCUT2D eigenvalue weighted by Gasteiger charge is -1.70. The van der Waals surface area contributed by atoms with E-state index in [4.69, 9.17) is 0 Å². The maximum atomic E-state index is 4.50. The normalized spacial score (nSPS) is 13.3. The summed E-state index contributed by atoms with van der Waals surface area (Å²) in [6.45, 7) is 2.00. The van der Waals surface area contributed by atoms with E-state index in [1.807, 2.05) is 18.2 Å². The van der Waals surface area contributed by atoms with Crippen molar-refractivity contribution in [3.63, 3.8) is 0 Å². The summed E-state index contributed by atoms with van der Waals surface area (Å²) >= 11 is 0. The molecule has 0 unspecified atom stereocenters.